The first-order valence-corrected chi connectivity index (χ1v) is 12.0. The van der Waals surface area contributed by atoms with Gasteiger partial charge >= 0.3 is 0 Å². The molecule has 0 radical (unpaired) electrons. The van der Waals surface area contributed by atoms with Crippen LogP contribution >= 0.6 is 0 Å². The Kier molecular flexibility index (Phi) is 8.56. The number of hydrogen-bond donors (Lipinski definition) is 0. The predicted octanol–water partition coefficient (Wildman–Crippen LogP) is 7.55. The summed E-state index contributed by atoms with van der Waals surface area (Å²) < 4.78 is 5.99. The predicted molar refractivity (Wildman–Crippen MR) is 112 cm³/mol. The van der Waals surface area contributed by atoms with Gasteiger partial charge in [0, 0.05) is 6.61 Å². The summed E-state index contributed by atoms with van der Waals surface area (Å²) in [7, 11) is 0. The lowest BCUT2D eigenvalue weighted by molar-refractivity contribution is 0.00569. The van der Waals surface area contributed by atoms with E-state index in [0.717, 1.165) is 36.2 Å². The maximum Gasteiger partial charge on any atom is 0.0575 e. The van der Waals surface area contributed by atoms with E-state index in [9.17, 15) is 0 Å². The Balaban J connectivity index is 1.33. The standard InChI is InChI=1S/C25H44O/c1-3-5-6-20-7-9-21(10-8-20)22-11-13-23(14-12-22)24-15-17-25(18-16-24)26-19-4-2/h3,20-25H,1,4-19H2,2H3. The molecule has 0 bridgehead atoms. The molecule has 0 aromatic carbocycles. The summed E-state index contributed by atoms with van der Waals surface area (Å²) in [4.78, 5) is 0. The average Bonchev–Trinajstić information content (AvgIpc) is 2.72. The fourth-order valence-corrected chi connectivity index (χ4v) is 6.40. The monoisotopic (exact) mass is 360 g/mol. The van der Waals surface area contributed by atoms with Crippen LogP contribution < -0.4 is 0 Å². The highest BCUT2D eigenvalue weighted by atomic mass is 16.5. The molecular formula is C25H44O. The van der Waals surface area contributed by atoms with Crippen molar-refractivity contribution in [3.63, 3.8) is 0 Å². The van der Waals surface area contributed by atoms with Crippen molar-refractivity contribution in [2.75, 3.05) is 6.61 Å². The smallest absolute Gasteiger partial charge is 0.0575 e. The summed E-state index contributed by atoms with van der Waals surface area (Å²) in [5.74, 6) is 5.20. The Morgan fingerprint density at radius 2 is 1.19 bits per heavy atom. The lowest BCUT2D eigenvalue weighted by Crippen LogP contribution is -2.31. The van der Waals surface area contributed by atoms with Crippen LogP contribution in [0.4, 0.5) is 0 Å². The van der Waals surface area contributed by atoms with Gasteiger partial charge in [-0.2, -0.15) is 0 Å². The molecule has 3 rings (SSSR count). The van der Waals surface area contributed by atoms with E-state index in [4.69, 9.17) is 4.74 Å². The molecule has 0 aromatic heterocycles. The summed E-state index contributed by atoms with van der Waals surface area (Å²) in [6.07, 6.45) is 24.2. The molecule has 1 nitrogen and oxygen atoms in total. The molecule has 0 aliphatic heterocycles. The second-order valence-electron chi connectivity index (χ2n) is 9.73. The van der Waals surface area contributed by atoms with Gasteiger partial charge in [-0.15, -0.1) is 6.58 Å². The highest BCUT2D eigenvalue weighted by Gasteiger charge is 2.34. The van der Waals surface area contributed by atoms with E-state index >= 15 is 0 Å². The third-order valence-corrected chi connectivity index (χ3v) is 8.10. The van der Waals surface area contributed by atoms with Gasteiger partial charge in [-0.3, -0.25) is 0 Å². The molecule has 3 saturated carbocycles. The van der Waals surface area contributed by atoms with E-state index in [1.54, 1.807) is 12.8 Å². The highest BCUT2D eigenvalue weighted by molar-refractivity contribution is 4.86. The van der Waals surface area contributed by atoms with Gasteiger partial charge in [0.15, 0.2) is 0 Å². The van der Waals surface area contributed by atoms with E-state index in [1.807, 2.05) is 0 Å². The van der Waals surface area contributed by atoms with Crippen LogP contribution in [0.3, 0.4) is 0 Å². The van der Waals surface area contributed by atoms with Gasteiger partial charge in [0.1, 0.15) is 0 Å². The summed E-state index contributed by atoms with van der Waals surface area (Å²) in [5.41, 5.74) is 0. The second-order valence-corrected chi connectivity index (χ2v) is 9.73. The van der Waals surface area contributed by atoms with Crippen LogP contribution in [0, 0.1) is 29.6 Å². The van der Waals surface area contributed by atoms with E-state index < -0.39 is 0 Å². The van der Waals surface area contributed by atoms with Crippen molar-refractivity contribution >= 4 is 0 Å². The normalized spacial score (nSPS) is 38.8. The molecule has 0 atom stereocenters. The Morgan fingerprint density at radius 1 is 0.731 bits per heavy atom. The van der Waals surface area contributed by atoms with Crippen molar-refractivity contribution < 1.29 is 4.74 Å². The van der Waals surface area contributed by atoms with Crippen LogP contribution in [0.1, 0.15) is 103 Å². The van der Waals surface area contributed by atoms with Crippen molar-refractivity contribution in [2.24, 2.45) is 29.6 Å². The number of ether oxygens (including phenoxy) is 1. The zero-order chi connectivity index (χ0) is 18.2. The van der Waals surface area contributed by atoms with Crippen LogP contribution in [0.15, 0.2) is 12.7 Å². The number of allylic oxidation sites excluding steroid dienone is 1. The lowest BCUT2D eigenvalue weighted by atomic mass is 9.65. The summed E-state index contributed by atoms with van der Waals surface area (Å²) in [6.45, 7) is 7.08. The average molecular weight is 361 g/mol. The van der Waals surface area contributed by atoms with Gasteiger partial charge in [-0.25, -0.2) is 0 Å². The van der Waals surface area contributed by atoms with Crippen LogP contribution in [-0.2, 0) is 4.74 Å². The van der Waals surface area contributed by atoms with Crippen molar-refractivity contribution in [3.05, 3.63) is 12.7 Å². The topological polar surface area (TPSA) is 9.23 Å². The lowest BCUT2D eigenvalue weighted by Gasteiger charge is -2.41. The zero-order valence-corrected chi connectivity index (χ0v) is 17.5. The van der Waals surface area contributed by atoms with Gasteiger partial charge in [-0.1, -0.05) is 25.8 Å². The van der Waals surface area contributed by atoms with E-state index in [0.29, 0.717) is 6.10 Å². The molecule has 0 amide bonds. The van der Waals surface area contributed by atoms with Gasteiger partial charge in [-0.05, 0) is 113 Å². The fraction of sp³-hybridized carbons (Fsp3) is 0.920. The largest absolute Gasteiger partial charge is 0.378 e. The van der Waals surface area contributed by atoms with Gasteiger partial charge in [0.2, 0.25) is 0 Å². The molecule has 0 unspecified atom stereocenters. The molecule has 0 saturated heterocycles. The molecular weight excluding hydrogens is 316 g/mol. The number of hydrogen-bond acceptors (Lipinski definition) is 1. The first kappa shape index (κ1) is 20.4. The number of rotatable bonds is 8. The molecule has 1 heteroatoms. The van der Waals surface area contributed by atoms with E-state index in [2.05, 4.69) is 19.6 Å². The van der Waals surface area contributed by atoms with Crippen molar-refractivity contribution in [2.45, 2.75) is 109 Å². The quantitative estimate of drug-likeness (QED) is 0.406. The first-order chi connectivity index (χ1) is 12.8. The van der Waals surface area contributed by atoms with Crippen molar-refractivity contribution in [1.82, 2.24) is 0 Å². The maximum atomic E-state index is 5.99. The highest BCUT2D eigenvalue weighted by Crippen LogP contribution is 2.45. The van der Waals surface area contributed by atoms with Gasteiger partial charge < -0.3 is 4.74 Å². The minimum absolute atomic E-state index is 0.582. The molecule has 3 aliphatic carbocycles. The van der Waals surface area contributed by atoms with Crippen LogP contribution in [0.25, 0.3) is 0 Å². The zero-order valence-electron chi connectivity index (χ0n) is 17.5. The molecule has 26 heavy (non-hydrogen) atoms. The molecule has 3 aliphatic rings. The Bertz CT molecular complexity index is 379. The third kappa shape index (κ3) is 5.85. The molecule has 0 heterocycles. The second kappa shape index (κ2) is 10.9. The maximum absolute atomic E-state index is 5.99. The summed E-state index contributed by atoms with van der Waals surface area (Å²) >= 11 is 0. The summed E-state index contributed by atoms with van der Waals surface area (Å²) in [6, 6.07) is 0. The first-order valence-electron chi connectivity index (χ1n) is 12.0. The summed E-state index contributed by atoms with van der Waals surface area (Å²) in [5, 5.41) is 0. The van der Waals surface area contributed by atoms with Crippen LogP contribution in [0.2, 0.25) is 0 Å². The van der Waals surface area contributed by atoms with Crippen LogP contribution in [0.5, 0.6) is 0 Å². The van der Waals surface area contributed by atoms with Crippen LogP contribution in [-0.4, -0.2) is 12.7 Å². The fourth-order valence-electron chi connectivity index (χ4n) is 6.40. The molecule has 0 N–H and O–H groups in total. The molecule has 150 valence electrons. The minimum Gasteiger partial charge on any atom is -0.378 e. The Morgan fingerprint density at radius 3 is 1.65 bits per heavy atom. The van der Waals surface area contributed by atoms with Crippen molar-refractivity contribution in [3.8, 4) is 0 Å². The minimum atomic E-state index is 0.582. The Labute approximate surface area is 163 Å². The SMILES string of the molecule is C=CCCC1CCC(C2CCC(C3CCC(OCCC)CC3)CC2)CC1. The van der Waals surface area contributed by atoms with E-state index in [-0.39, 0.29) is 0 Å². The van der Waals surface area contributed by atoms with E-state index in [1.165, 1.54) is 83.5 Å². The Hall–Kier alpha value is -0.300. The third-order valence-electron chi connectivity index (χ3n) is 8.10. The molecule has 0 aromatic rings. The van der Waals surface area contributed by atoms with Gasteiger partial charge in [0.25, 0.3) is 0 Å². The molecule has 0 spiro atoms. The van der Waals surface area contributed by atoms with Gasteiger partial charge in [0.05, 0.1) is 6.10 Å². The van der Waals surface area contributed by atoms with Crippen molar-refractivity contribution in [1.29, 1.82) is 0 Å². The molecule has 3 fully saturated rings.